The van der Waals surface area contributed by atoms with Crippen molar-refractivity contribution in [3.63, 3.8) is 0 Å². The van der Waals surface area contributed by atoms with Gasteiger partial charge in [-0.25, -0.2) is 4.98 Å². The van der Waals surface area contributed by atoms with Gasteiger partial charge in [0.1, 0.15) is 5.52 Å². The summed E-state index contributed by atoms with van der Waals surface area (Å²) in [7, 11) is 0. The van der Waals surface area contributed by atoms with Gasteiger partial charge in [0, 0.05) is 11.4 Å². The number of halogens is 2. The number of benzene rings is 1. The number of oxazole rings is 1. The number of hydrogen-bond acceptors (Lipinski definition) is 3. The van der Waals surface area contributed by atoms with Gasteiger partial charge in [0.2, 0.25) is 0 Å². The average Bonchev–Trinajstić information content (AvgIpc) is 2.77. The highest BCUT2D eigenvalue weighted by Crippen LogP contribution is 2.29. The molecule has 3 nitrogen and oxygen atoms in total. The molecule has 0 radical (unpaired) electrons. The summed E-state index contributed by atoms with van der Waals surface area (Å²) in [5.74, 6) is 1.34. The Morgan fingerprint density at radius 1 is 1.32 bits per heavy atom. The Kier molecular flexibility index (Phi) is 5.08. The van der Waals surface area contributed by atoms with Gasteiger partial charge in [-0.3, -0.25) is 0 Å². The molecule has 1 atom stereocenters. The van der Waals surface area contributed by atoms with E-state index in [1.165, 1.54) is 0 Å². The van der Waals surface area contributed by atoms with Crippen LogP contribution in [0.25, 0.3) is 11.1 Å². The Labute approximate surface area is 123 Å². The molecule has 0 aliphatic carbocycles. The zero-order valence-corrected chi connectivity index (χ0v) is 12.5. The van der Waals surface area contributed by atoms with E-state index in [-0.39, 0.29) is 0 Å². The van der Waals surface area contributed by atoms with Crippen molar-refractivity contribution in [1.29, 1.82) is 0 Å². The number of fused-ring (bicyclic) bond motifs is 1. The van der Waals surface area contributed by atoms with E-state index >= 15 is 0 Å². The lowest BCUT2D eigenvalue weighted by Crippen LogP contribution is -2.09. The molecule has 1 unspecified atom stereocenters. The van der Waals surface area contributed by atoms with Crippen LogP contribution in [0.4, 0.5) is 0 Å². The van der Waals surface area contributed by atoms with Crippen molar-refractivity contribution in [2.45, 2.75) is 32.6 Å². The molecule has 2 N–H and O–H groups in total. The summed E-state index contributed by atoms with van der Waals surface area (Å²) < 4.78 is 5.69. The fraction of sp³-hybridized carbons (Fsp3) is 0.500. The first-order chi connectivity index (χ1) is 9.13. The third-order valence-corrected chi connectivity index (χ3v) is 3.87. The monoisotopic (exact) mass is 300 g/mol. The van der Waals surface area contributed by atoms with Gasteiger partial charge < -0.3 is 10.2 Å². The zero-order chi connectivity index (χ0) is 13.8. The molecule has 0 aliphatic heterocycles. The average molecular weight is 301 g/mol. The van der Waals surface area contributed by atoms with E-state index < -0.39 is 0 Å². The van der Waals surface area contributed by atoms with Crippen LogP contribution in [0.5, 0.6) is 0 Å². The molecule has 1 aromatic carbocycles. The molecule has 0 spiro atoms. The SMILES string of the molecule is CCC(CCN)CCc1nc2cc(Cl)cc(Cl)c2o1. The summed E-state index contributed by atoms with van der Waals surface area (Å²) in [4.78, 5) is 4.43. The molecular formula is C14H18Cl2N2O. The van der Waals surface area contributed by atoms with Crippen molar-refractivity contribution in [3.8, 4) is 0 Å². The van der Waals surface area contributed by atoms with Gasteiger partial charge in [0.05, 0.1) is 5.02 Å². The van der Waals surface area contributed by atoms with Gasteiger partial charge in [-0.05, 0) is 37.4 Å². The molecule has 5 heteroatoms. The third-order valence-electron chi connectivity index (χ3n) is 3.37. The van der Waals surface area contributed by atoms with Crippen LogP contribution in [0.1, 0.15) is 32.1 Å². The Morgan fingerprint density at radius 2 is 2.11 bits per heavy atom. The van der Waals surface area contributed by atoms with Gasteiger partial charge in [0.15, 0.2) is 11.5 Å². The minimum atomic E-state index is 0.509. The van der Waals surface area contributed by atoms with Crippen molar-refractivity contribution in [3.05, 3.63) is 28.1 Å². The first kappa shape index (κ1) is 14.6. The molecule has 2 aromatic rings. The second kappa shape index (κ2) is 6.60. The summed E-state index contributed by atoms with van der Waals surface area (Å²) in [6.07, 6.45) is 4.01. The smallest absolute Gasteiger partial charge is 0.195 e. The Morgan fingerprint density at radius 3 is 2.79 bits per heavy atom. The molecule has 0 saturated carbocycles. The van der Waals surface area contributed by atoms with E-state index in [1.54, 1.807) is 12.1 Å². The number of nitrogens with zero attached hydrogens (tertiary/aromatic N) is 1. The number of aromatic nitrogens is 1. The second-order valence-corrected chi connectivity index (χ2v) is 5.58. The van der Waals surface area contributed by atoms with E-state index in [2.05, 4.69) is 11.9 Å². The van der Waals surface area contributed by atoms with Crippen LogP contribution in [-0.4, -0.2) is 11.5 Å². The van der Waals surface area contributed by atoms with E-state index in [0.29, 0.717) is 21.5 Å². The lowest BCUT2D eigenvalue weighted by molar-refractivity contribution is 0.415. The maximum Gasteiger partial charge on any atom is 0.195 e. The number of aryl methyl sites for hydroxylation is 1. The van der Waals surface area contributed by atoms with Crippen LogP contribution < -0.4 is 5.73 Å². The predicted molar refractivity (Wildman–Crippen MR) is 79.8 cm³/mol. The van der Waals surface area contributed by atoms with Crippen molar-refractivity contribution in [2.75, 3.05) is 6.54 Å². The first-order valence-electron chi connectivity index (χ1n) is 6.58. The molecule has 0 bridgehead atoms. The van der Waals surface area contributed by atoms with E-state index in [4.69, 9.17) is 33.4 Å². The Bertz CT molecular complexity index is 554. The zero-order valence-electron chi connectivity index (χ0n) is 11.0. The van der Waals surface area contributed by atoms with Gasteiger partial charge in [-0.15, -0.1) is 0 Å². The van der Waals surface area contributed by atoms with Gasteiger partial charge >= 0.3 is 0 Å². The quantitative estimate of drug-likeness (QED) is 0.858. The second-order valence-electron chi connectivity index (χ2n) is 4.73. The molecule has 1 heterocycles. The predicted octanol–water partition coefficient (Wildman–Crippen LogP) is 4.44. The van der Waals surface area contributed by atoms with Gasteiger partial charge in [0.25, 0.3) is 0 Å². The molecule has 1 aromatic heterocycles. The highest BCUT2D eigenvalue weighted by atomic mass is 35.5. The first-order valence-corrected chi connectivity index (χ1v) is 7.34. The van der Waals surface area contributed by atoms with Crippen molar-refractivity contribution in [1.82, 2.24) is 4.98 Å². The third kappa shape index (κ3) is 3.62. The molecule has 0 fully saturated rings. The summed E-state index contributed by atoms with van der Waals surface area (Å²) in [6, 6.07) is 3.44. The van der Waals surface area contributed by atoms with Crippen LogP contribution in [-0.2, 0) is 6.42 Å². The van der Waals surface area contributed by atoms with E-state index in [1.807, 2.05) is 0 Å². The van der Waals surface area contributed by atoms with Crippen LogP contribution in [0.15, 0.2) is 16.5 Å². The highest BCUT2D eigenvalue weighted by molar-refractivity contribution is 6.37. The summed E-state index contributed by atoms with van der Waals surface area (Å²) in [6.45, 7) is 2.91. The fourth-order valence-electron chi connectivity index (χ4n) is 2.23. The minimum Gasteiger partial charge on any atom is -0.439 e. The topological polar surface area (TPSA) is 52.0 Å². The molecule has 2 rings (SSSR count). The number of rotatable bonds is 6. The van der Waals surface area contributed by atoms with Crippen LogP contribution >= 0.6 is 23.2 Å². The number of hydrogen-bond donors (Lipinski definition) is 1. The largest absolute Gasteiger partial charge is 0.439 e. The van der Waals surface area contributed by atoms with Crippen molar-refractivity contribution >= 4 is 34.3 Å². The van der Waals surface area contributed by atoms with E-state index in [9.17, 15) is 0 Å². The van der Waals surface area contributed by atoms with Crippen LogP contribution in [0.2, 0.25) is 10.0 Å². The lowest BCUT2D eigenvalue weighted by atomic mass is 9.97. The molecular weight excluding hydrogens is 283 g/mol. The molecule has 0 saturated heterocycles. The maximum absolute atomic E-state index is 6.08. The van der Waals surface area contributed by atoms with Crippen LogP contribution in [0.3, 0.4) is 0 Å². The minimum absolute atomic E-state index is 0.509. The lowest BCUT2D eigenvalue weighted by Gasteiger charge is -2.11. The maximum atomic E-state index is 6.08. The number of nitrogens with two attached hydrogens (primary N) is 1. The summed E-state index contributed by atoms with van der Waals surface area (Å²) in [5, 5.41) is 1.09. The fourth-order valence-corrected chi connectivity index (χ4v) is 2.75. The Hall–Kier alpha value is -0.770. The van der Waals surface area contributed by atoms with Crippen molar-refractivity contribution in [2.24, 2.45) is 11.7 Å². The Balaban J connectivity index is 2.11. The standard InChI is InChI=1S/C14H18Cl2N2O/c1-2-9(5-6-17)3-4-13-18-12-8-10(15)7-11(16)14(12)19-13/h7-9H,2-6,17H2,1H3. The molecule has 104 valence electrons. The highest BCUT2D eigenvalue weighted by Gasteiger charge is 2.12. The van der Waals surface area contributed by atoms with Crippen molar-refractivity contribution < 1.29 is 4.42 Å². The van der Waals surface area contributed by atoms with Gasteiger partial charge in [-0.1, -0.05) is 36.5 Å². The van der Waals surface area contributed by atoms with Crippen LogP contribution in [0, 0.1) is 5.92 Å². The summed E-state index contributed by atoms with van der Waals surface area (Å²) in [5.41, 5.74) is 6.94. The van der Waals surface area contributed by atoms with Gasteiger partial charge in [-0.2, -0.15) is 0 Å². The van der Waals surface area contributed by atoms with E-state index in [0.717, 1.165) is 43.6 Å². The molecule has 19 heavy (non-hydrogen) atoms. The molecule has 0 amide bonds. The molecule has 0 aliphatic rings. The summed E-state index contributed by atoms with van der Waals surface area (Å²) >= 11 is 12.0. The normalized spacial score (nSPS) is 13.1.